The van der Waals surface area contributed by atoms with Gasteiger partial charge in [0.1, 0.15) is 13.2 Å². The Kier molecular flexibility index (Phi) is 55.3. The summed E-state index contributed by atoms with van der Waals surface area (Å²) in [5.41, 5.74) is 0. The maximum Gasteiger partial charge on any atom is 0.306 e. The van der Waals surface area contributed by atoms with Crippen LogP contribution in [0.15, 0.2) is 60.8 Å². The van der Waals surface area contributed by atoms with Crippen molar-refractivity contribution in [3.05, 3.63) is 60.8 Å². The summed E-state index contributed by atoms with van der Waals surface area (Å²) in [4.78, 5) is 38.1. The van der Waals surface area contributed by atoms with Crippen molar-refractivity contribution in [1.82, 2.24) is 0 Å². The van der Waals surface area contributed by atoms with Gasteiger partial charge in [0.05, 0.1) is 0 Å². The molecule has 0 rings (SSSR count). The Labute approximate surface area is 428 Å². The fraction of sp³-hybridized carbons (Fsp3) is 0.794. The van der Waals surface area contributed by atoms with Crippen LogP contribution in [0.2, 0.25) is 0 Å². The molecule has 6 nitrogen and oxygen atoms in total. The average molecular weight is 966 g/mol. The summed E-state index contributed by atoms with van der Waals surface area (Å²) in [6.45, 7) is 6.53. The number of carbonyl (C=O) groups is 3. The Bertz CT molecular complexity index is 1250. The maximum atomic E-state index is 12.9. The van der Waals surface area contributed by atoms with Crippen molar-refractivity contribution in [2.24, 2.45) is 0 Å². The van der Waals surface area contributed by atoms with Gasteiger partial charge in [0.15, 0.2) is 6.10 Å². The van der Waals surface area contributed by atoms with Crippen molar-refractivity contribution >= 4 is 17.9 Å². The zero-order valence-corrected chi connectivity index (χ0v) is 45.8. The van der Waals surface area contributed by atoms with Crippen LogP contribution in [-0.2, 0) is 28.6 Å². The number of unbranched alkanes of at least 4 members (excludes halogenated alkanes) is 33. The number of ether oxygens (including phenoxy) is 3. The third kappa shape index (κ3) is 55.9. The quantitative estimate of drug-likeness (QED) is 0.0262. The highest BCUT2D eigenvalue weighted by molar-refractivity contribution is 5.71. The van der Waals surface area contributed by atoms with Crippen LogP contribution < -0.4 is 0 Å². The van der Waals surface area contributed by atoms with Gasteiger partial charge >= 0.3 is 17.9 Å². The van der Waals surface area contributed by atoms with Gasteiger partial charge in [-0.1, -0.05) is 281 Å². The predicted molar refractivity (Wildman–Crippen MR) is 298 cm³/mol. The van der Waals surface area contributed by atoms with Gasteiger partial charge in [-0.3, -0.25) is 14.4 Å². The minimum absolute atomic E-state index is 0.0766. The Morgan fingerprint density at radius 1 is 0.304 bits per heavy atom. The molecule has 0 radical (unpaired) electrons. The summed E-state index contributed by atoms with van der Waals surface area (Å²) in [5.74, 6) is -0.883. The van der Waals surface area contributed by atoms with Crippen LogP contribution in [0.25, 0.3) is 0 Å². The fourth-order valence-corrected chi connectivity index (χ4v) is 8.59. The molecule has 0 aromatic carbocycles. The van der Waals surface area contributed by atoms with Crippen molar-refractivity contribution in [2.75, 3.05) is 13.2 Å². The molecule has 0 spiro atoms. The Hall–Kier alpha value is -2.89. The lowest BCUT2D eigenvalue weighted by Crippen LogP contribution is -2.30. The molecule has 0 aliphatic heterocycles. The molecule has 400 valence electrons. The van der Waals surface area contributed by atoms with E-state index in [2.05, 4.69) is 81.5 Å². The first kappa shape index (κ1) is 66.1. The van der Waals surface area contributed by atoms with E-state index in [1.807, 2.05) is 0 Å². The van der Waals surface area contributed by atoms with Gasteiger partial charge in [0, 0.05) is 19.3 Å². The SMILES string of the molecule is CC/C=C\C/C=C\C/C=C\C/C=C\C/C=C\CCCCCCCC(=O)OCC(COC(=O)CCCCCCCCCCCC)OC(=O)CCCCCCCCCCCCCCCCCCCCCC. The Balaban J connectivity index is 4.30. The second-order valence-corrected chi connectivity index (χ2v) is 19.9. The number of rotatable bonds is 54. The molecule has 0 bridgehead atoms. The van der Waals surface area contributed by atoms with E-state index in [1.165, 1.54) is 154 Å². The third-order valence-electron chi connectivity index (χ3n) is 13.0. The maximum absolute atomic E-state index is 12.9. The van der Waals surface area contributed by atoms with E-state index in [0.717, 1.165) is 109 Å². The molecule has 0 aromatic heterocycles. The first-order chi connectivity index (χ1) is 34.0. The summed E-state index contributed by atoms with van der Waals surface area (Å²) < 4.78 is 16.9. The number of hydrogen-bond donors (Lipinski definition) is 0. The van der Waals surface area contributed by atoms with Crippen molar-refractivity contribution in [2.45, 2.75) is 309 Å². The van der Waals surface area contributed by atoms with Gasteiger partial charge in [-0.2, -0.15) is 0 Å². The van der Waals surface area contributed by atoms with Gasteiger partial charge < -0.3 is 14.2 Å². The summed E-state index contributed by atoms with van der Waals surface area (Å²) in [5, 5.41) is 0. The molecule has 69 heavy (non-hydrogen) atoms. The first-order valence-electron chi connectivity index (χ1n) is 29.8. The first-order valence-corrected chi connectivity index (χ1v) is 29.8. The van der Waals surface area contributed by atoms with E-state index in [1.54, 1.807) is 0 Å². The van der Waals surface area contributed by atoms with Crippen molar-refractivity contribution in [3.63, 3.8) is 0 Å². The molecule has 0 saturated carbocycles. The van der Waals surface area contributed by atoms with E-state index in [0.29, 0.717) is 19.3 Å². The molecule has 0 aliphatic carbocycles. The second kappa shape index (κ2) is 57.7. The number of hydrogen-bond acceptors (Lipinski definition) is 6. The highest BCUT2D eigenvalue weighted by atomic mass is 16.6. The van der Waals surface area contributed by atoms with Crippen LogP contribution >= 0.6 is 0 Å². The molecular formula is C63H112O6. The van der Waals surface area contributed by atoms with E-state index < -0.39 is 6.10 Å². The minimum Gasteiger partial charge on any atom is -0.462 e. The molecule has 0 heterocycles. The molecule has 0 N–H and O–H groups in total. The Morgan fingerprint density at radius 3 is 0.884 bits per heavy atom. The Morgan fingerprint density at radius 2 is 0.565 bits per heavy atom. The zero-order chi connectivity index (χ0) is 50.0. The van der Waals surface area contributed by atoms with Crippen LogP contribution in [-0.4, -0.2) is 37.2 Å². The van der Waals surface area contributed by atoms with Gasteiger partial charge in [-0.15, -0.1) is 0 Å². The van der Waals surface area contributed by atoms with E-state index in [4.69, 9.17) is 14.2 Å². The van der Waals surface area contributed by atoms with Gasteiger partial charge in [0.2, 0.25) is 0 Å². The normalized spacial score (nSPS) is 12.4. The summed E-state index contributed by atoms with van der Waals surface area (Å²) in [6.07, 6.45) is 72.2. The lowest BCUT2D eigenvalue weighted by atomic mass is 10.0. The molecule has 0 amide bonds. The fourth-order valence-electron chi connectivity index (χ4n) is 8.59. The van der Waals surface area contributed by atoms with E-state index >= 15 is 0 Å². The van der Waals surface area contributed by atoms with Gasteiger partial charge in [-0.25, -0.2) is 0 Å². The highest BCUT2D eigenvalue weighted by Crippen LogP contribution is 2.17. The van der Waals surface area contributed by atoms with Gasteiger partial charge in [-0.05, 0) is 64.2 Å². The molecule has 0 aromatic rings. The summed E-state index contributed by atoms with van der Waals surface area (Å²) in [6, 6.07) is 0. The van der Waals surface area contributed by atoms with Crippen molar-refractivity contribution in [3.8, 4) is 0 Å². The molecular weight excluding hydrogens is 853 g/mol. The lowest BCUT2D eigenvalue weighted by Gasteiger charge is -2.18. The zero-order valence-electron chi connectivity index (χ0n) is 45.8. The van der Waals surface area contributed by atoms with Gasteiger partial charge in [0.25, 0.3) is 0 Å². The molecule has 0 fully saturated rings. The number of allylic oxidation sites excluding steroid dienone is 10. The topological polar surface area (TPSA) is 78.9 Å². The second-order valence-electron chi connectivity index (χ2n) is 19.9. The van der Waals surface area contributed by atoms with Crippen LogP contribution in [0.1, 0.15) is 303 Å². The van der Waals surface area contributed by atoms with Crippen molar-refractivity contribution in [1.29, 1.82) is 0 Å². The monoisotopic (exact) mass is 965 g/mol. The molecule has 6 heteroatoms. The number of carbonyl (C=O) groups excluding carboxylic acids is 3. The standard InChI is InChI=1S/C63H112O6/c1-4-7-10-13-16-19-22-24-26-28-30-32-34-35-37-39-41-44-47-50-53-56-62(65)68-59-60(58-67-61(64)55-52-49-46-43-21-18-15-12-9-6-3)69-63(66)57-54-51-48-45-42-40-38-36-33-31-29-27-25-23-20-17-14-11-8-5-2/h7,10,16,19,24,26,30,32,35,37,60H,4-6,8-9,11-15,17-18,20-23,25,27-29,31,33-34,36,38-59H2,1-3H3/b10-7-,19-16-,26-24-,32-30-,37-35-. The molecule has 1 unspecified atom stereocenters. The van der Waals surface area contributed by atoms with Crippen LogP contribution in [0.3, 0.4) is 0 Å². The summed E-state index contributed by atoms with van der Waals surface area (Å²) in [7, 11) is 0. The third-order valence-corrected chi connectivity index (χ3v) is 13.0. The van der Waals surface area contributed by atoms with E-state index in [-0.39, 0.29) is 31.1 Å². The molecule has 0 aliphatic rings. The largest absolute Gasteiger partial charge is 0.462 e. The summed E-state index contributed by atoms with van der Waals surface area (Å²) >= 11 is 0. The smallest absolute Gasteiger partial charge is 0.306 e. The number of esters is 3. The lowest BCUT2D eigenvalue weighted by molar-refractivity contribution is -0.167. The van der Waals surface area contributed by atoms with Crippen molar-refractivity contribution < 1.29 is 28.6 Å². The van der Waals surface area contributed by atoms with Crippen LogP contribution in [0, 0.1) is 0 Å². The van der Waals surface area contributed by atoms with E-state index in [9.17, 15) is 14.4 Å². The molecule has 1 atom stereocenters. The highest BCUT2D eigenvalue weighted by Gasteiger charge is 2.19. The average Bonchev–Trinajstić information content (AvgIpc) is 3.35. The van der Waals surface area contributed by atoms with Crippen LogP contribution in [0.5, 0.6) is 0 Å². The van der Waals surface area contributed by atoms with Crippen LogP contribution in [0.4, 0.5) is 0 Å². The molecule has 0 saturated heterocycles. The minimum atomic E-state index is -0.779. The predicted octanol–water partition coefficient (Wildman–Crippen LogP) is 20.0.